The molecule has 0 aliphatic rings. The number of fused-ring (bicyclic) bond motifs is 1. The molecule has 0 bridgehead atoms. The maximum Gasteiger partial charge on any atom is 0.196 e. The fraction of sp³-hybridized carbons (Fsp3) is 0.300. The van der Waals surface area contributed by atoms with Gasteiger partial charge >= 0.3 is 0 Å². The Hall–Kier alpha value is -1.55. The van der Waals surface area contributed by atoms with E-state index in [0.29, 0.717) is 5.69 Å². The highest BCUT2D eigenvalue weighted by Crippen LogP contribution is 2.18. The Balaban J connectivity index is 2.32. The van der Waals surface area contributed by atoms with Crippen LogP contribution in [0.3, 0.4) is 0 Å². The number of nitrogens with one attached hydrogen (secondary N) is 1. The molecule has 2 aromatic rings. The minimum Gasteiger partial charge on any atom is -0.441 e. The van der Waals surface area contributed by atoms with Crippen LogP contribution in [-0.4, -0.2) is 18.6 Å². The van der Waals surface area contributed by atoms with Crippen molar-refractivity contribution >= 4 is 16.8 Å². The van der Waals surface area contributed by atoms with Gasteiger partial charge in [-0.2, -0.15) is 0 Å². The average molecular weight is 191 g/mol. The summed E-state index contributed by atoms with van der Waals surface area (Å²) < 4.78 is 5.52. The zero-order valence-electron chi connectivity index (χ0n) is 8.08. The molecule has 3 N–H and O–H groups in total. The lowest BCUT2D eigenvalue weighted by Crippen LogP contribution is -2.10. The van der Waals surface area contributed by atoms with Gasteiger partial charge in [-0.25, -0.2) is 4.98 Å². The van der Waals surface area contributed by atoms with E-state index in [1.807, 2.05) is 19.2 Å². The summed E-state index contributed by atoms with van der Waals surface area (Å²) in [5.41, 5.74) is 7.96. The van der Waals surface area contributed by atoms with Crippen LogP contribution >= 0.6 is 0 Å². The molecule has 74 valence electrons. The zero-order valence-corrected chi connectivity index (χ0v) is 8.08. The lowest BCUT2D eigenvalue weighted by Gasteiger charge is -1.91. The Morgan fingerprint density at radius 3 is 3.14 bits per heavy atom. The molecule has 0 fully saturated rings. The van der Waals surface area contributed by atoms with E-state index in [-0.39, 0.29) is 0 Å². The van der Waals surface area contributed by atoms with E-state index < -0.39 is 0 Å². The highest BCUT2D eigenvalue weighted by atomic mass is 16.3. The summed E-state index contributed by atoms with van der Waals surface area (Å²) in [6, 6.07) is 5.49. The number of hydrogen-bond donors (Lipinski definition) is 2. The number of oxazole rings is 1. The molecule has 0 aliphatic carbocycles. The van der Waals surface area contributed by atoms with Crippen LogP contribution in [0.2, 0.25) is 0 Å². The van der Waals surface area contributed by atoms with Gasteiger partial charge in [0.05, 0.1) is 0 Å². The summed E-state index contributed by atoms with van der Waals surface area (Å²) >= 11 is 0. The van der Waals surface area contributed by atoms with Crippen LogP contribution in [0.4, 0.5) is 5.69 Å². The quantitative estimate of drug-likeness (QED) is 0.715. The molecule has 1 heterocycles. The smallest absolute Gasteiger partial charge is 0.196 e. The summed E-state index contributed by atoms with van der Waals surface area (Å²) in [4.78, 5) is 4.33. The van der Waals surface area contributed by atoms with Crippen molar-refractivity contribution in [2.24, 2.45) is 0 Å². The molecule has 1 aromatic heterocycles. The fourth-order valence-electron chi connectivity index (χ4n) is 1.33. The predicted molar refractivity (Wildman–Crippen MR) is 56.1 cm³/mol. The molecule has 0 aliphatic heterocycles. The molecule has 4 heteroatoms. The standard InChI is InChI=1S/C10H13N3O/c1-12-5-4-10-13-8-3-2-7(11)6-9(8)14-10/h2-3,6,12H,4-5,11H2,1H3. The van der Waals surface area contributed by atoms with Crippen molar-refractivity contribution in [1.29, 1.82) is 0 Å². The minimum atomic E-state index is 0.703. The van der Waals surface area contributed by atoms with Crippen LogP contribution in [0.15, 0.2) is 22.6 Å². The molecule has 4 nitrogen and oxygen atoms in total. The van der Waals surface area contributed by atoms with Gasteiger partial charge in [0.2, 0.25) is 0 Å². The Morgan fingerprint density at radius 2 is 2.36 bits per heavy atom. The van der Waals surface area contributed by atoms with Gasteiger partial charge in [0.15, 0.2) is 11.5 Å². The highest BCUT2D eigenvalue weighted by molar-refractivity contribution is 5.76. The fourth-order valence-corrected chi connectivity index (χ4v) is 1.33. The van der Waals surface area contributed by atoms with Gasteiger partial charge in [0.1, 0.15) is 5.52 Å². The van der Waals surface area contributed by atoms with Crippen LogP contribution in [0.5, 0.6) is 0 Å². The second-order valence-electron chi connectivity index (χ2n) is 3.19. The zero-order chi connectivity index (χ0) is 9.97. The third-order valence-corrected chi connectivity index (χ3v) is 2.05. The summed E-state index contributed by atoms with van der Waals surface area (Å²) in [5, 5.41) is 3.05. The van der Waals surface area contributed by atoms with E-state index in [1.54, 1.807) is 6.07 Å². The summed E-state index contributed by atoms with van der Waals surface area (Å²) in [5.74, 6) is 0.750. The van der Waals surface area contributed by atoms with Gasteiger partial charge in [-0.15, -0.1) is 0 Å². The van der Waals surface area contributed by atoms with E-state index in [0.717, 1.165) is 30.0 Å². The van der Waals surface area contributed by atoms with Crippen LogP contribution < -0.4 is 11.1 Å². The van der Waals surface area contributed by atoms with E-state index in [9.17, 15) is 0 Å². The third kappa shape index (κ3) is 1.70. The molecule has 0 amide bonds. The molecular formula is C10H13N3O. The van der Waals surface area contributed by atoms with E-state index in [2.05, 4.69) is 10.3 Å². The lowest BCUT2D eigenvalue weighted by molar-refractivity contribution is 0.522. The Bertz CT molecular complexity index is 436. The summed E-state index contributed by atoms with van der Waals surface area (Å²) in [6.07, 6.45) is 0.797. The lowest BCUT2D eigenvalue weighted by atomic mass is 10.3. The van der Waals surface area contributed by atoms with Gasteiger partial charge in [0, 0.05) is 24.7 Å². The number of anilines is 1. The van der Waals surface area contributed by atoms with Crippen LogP contribution in [0.1, 0.15) is 5.89 Å². The van der Waals surface area contributed by atoms with Gasteiger partial charge in [-0.05, 0) is 19.2 Å². The SMILES string of the molecule is CNCCc1nc2ccc(N)cc2o1. The second kappa shape index (κ2) is 3.67. The Morgan fingerprint density at radius 1 is 1.50 bits per heavy atom. The van der Waals surface area contributed by atoms with E-state index in [1.165, 1.54) is 0 Å². The first kappa shape index (κ1) is 9.02. The van der Waals surface area contributed by atoms with Crippen molar-refractivity contribution in [2.75, 3.05) is 19.3 Å². The molecule has 0 spiro atoms. The van der Waals surface area contributed by atoms with Crippen molar-refractivity contribution in [3.8, 4) is 0 Å². The van der Waals surface area contributed by atoms with Crippen LogP contribution in [0, 0.1) is 0 Å². The molecule has 0 atom stereocenters. The third-order valence-electron chi connectivity index (χ3n) is 2.05. The van der Waals surface area contributed by atoms with Gasteiger partial charge in [-0.3, -0.25) is 0 Å². The Kier molecular flexibility index (Phi) is 2.37. The van der Waals surface area contributed by atoms with E-state index in [4.69, 9.17) is 10.2 Å². The molecule has 14 heavy (non-hydrogen) atoms. The molecular weight excluding hydrogens is 178 g/mol. The number of benzene rings is 1. The van der Waals surface area contributed by atoms with Gasteiger partial charge in [-0.1, -0.05) is 0 Å². The van der Waals surface area contributed by atoms with Crippen LogP contribution in [0.25, 0.3) is 11.1 Å². The van der Waals surface area contributed by atoms with Crippen molar-refractivity contribution in [3.63, 3.8) is 0 Å². The highest BCUT2D eigenvalue weighted by Gasteiger charge is 2.04. The van der Waals surface area contributed by atoms with Gasteiger partial charge < -0.3 is 15.5 Å². The summed E-state index contributed by atoms with van der Waals surface area (Å²) in [7, 11) is 1.90. The van der Waals surface area contributed by atoms with E-state index >= 15 is 0 Å². The number of rotatable bonds is 3. The van der Waals surface area contributed by atoms with Crippen molar-refractivity contribution in [2.45, 2.75) is 6.42 Å². The average Bonchev–Trinajstić information content (AvgIpc) is 2.56. The number of likely N-dealkylation sites (N-methyl/N-ethyl adjacent to an activating group) is 1. The number of hydrogen-bond acceptors (Lipinski definition) is 4. The number of nitrogens with two attached hydrogens (primary N) is 1. The number of nitrogens with zero attached hydrogens (tertiary/aromatic N) is 1. The molecule has 2 rings (SSSR count). The largest absolute Gasteiger partial charge is 0.441 e. The first-order valence-corrected chi connectivity index (χ1v) is 4.59. The van der Waals surface area contributed by atoms with Crippen molar-refractivity contribution in [1.82, 2.24) is 10.3 Å². The Labute approximate surface area is 82.1 Å². The molecule has 0 unspecified atom stereocenters. The topological polar surface area (TPSA) is 64.1 Å². The summed E-state index contributed by atoms with van der Waals surface area (Å²) in [6.45, 7) is 0.863. The number of nitrogen functional groups attached to an aromatic ring is 1. The second-order valence-corrected chi connectivity index (χ2v) is 3.19. The number of aromatic nitrogens is 1. The molecule has 1 aromatic carbocycles. The molecule has 0 radical (unpaired) electrons. The van der Waals surface area contributed by atoms with Crippen LogP contribution in [-0.2, 0) is 6.42 Å². The monoisotopic (exact) mass is 191 g/mol. The normalized spacial score (nSPS) is 10.9. The first-order valence-electron chi connectivity index (χ1n) is 4.59. The van der Waals surface area contributed by atoms with Gasteiger partial charge in [0.25, 0.3) is 0 Å². The van der Waals surface area contributed by atoms with Crippen molar-refractivity contribution < 1.29 is 4.42 Å². The predicted octanol–water partition coefficient (Wildman–Crippen LogP) is 1.17. The van der Waals surface area contributed by atoms with Crippen molar-refractivity contribution in [3.05, 3.63) is 24.1 Å². The minimum absolute atomic E-state index is 0.703. The molecule has 0 saturated heterocycles. The maximum atomic E-state index is 5.63. The first-order chi connectivity index (χ1) is 6.79. The maximum absolute atomic E-state index is 5.63. The molecule has 0 saturated carbocycles.